The molecular weight excluding hydrogens is 473 g/mol. The molecule has 0 saturated heterocycles. The molecule has 0 amide bonds. The zero-order chi connectivity index (χ0) is 27.0. The van der Waals surface area contributed by atoms with Crippen molar-refractivity contribution < 1.29 is 28.5 Å². The van der Waals surface area contributed by atoms with Crippen LogP contribution in [0.4, 0.5) is 4.39 Å². The highest BCUT2D eigenvalue weighted by atomic mass is 19.1. The second kappa shape index (κ2) is 13.2. The first kappa shape index (κ1) is 28.8. The highest BCUT2D eigenvalue weighted by Crippen LogP contribution is 2.33. The van der Waals surface area contributed by atoms with Crippen LogP contribution in [0.2, 0.25) is 0 Å². The molecule has 2 atom stereocenters. The second-order valence-corrected chi connectivity index (χ2v) is 10.3. The van der Waals surface area contributed by atoms with E-state index in [-0.39, 0.29) is 24.5 Å². The van der Waals surface area contributed by atoms with Gasteiger partial charge in [0.15, 0.2) is 0 Å². The van der Waals surface area contributed by atoms with Crippen LogP contribution in [0.1, 0.15) is 62.5 Å². The van der Waals surface area contributed by atoms with Gasteiger partial charge in [-0.2, -0.15) is 0 Å². The lowest BCUT2D eigenvalue weighted by Gasteiger charge is -2.31. The van der Waals surface area contributed by atoms with Gasteiger partial charge in [-0.1, -0.05) is 24.3 Å². The number of carbonyl (C=O) groups is 1. The minimum atomic E-state index is -0.739. The van der Waals surface area contributed by atoms with Gasteiger partial charge in [-0.05, 0) is 81.7 Å². The number of hydrogen-bond donors (Lipinski definition) is 2. The van der Waals surface area contributed by atoms with E-state index in [1.807, 2.05) is 0 Å². The highest BCUT2D eigenvalue weighted by Gasteiger charge is 2.28. The van der Waals surface area contributed by atoms with Crippen LogP contribution in [0.3, 0.4) is 0 Å². The number of aliphatic hydroxyl groups excluding tert-OH is 1. The van der Waals surface area contributed by atoms with E-state index in [0.717, 1.165) is 19.3 Å². The number of hydrogen-bond acceptors (Lipinski definition) is 6. The van der Waals surface area contributed by atoms with E-state index in [0.29, 0.717) is 23.6 Å². The molecule has 37 heavy (non-hydrogen) atoms. The van der Waals surface area contributed by atoms with Crippen LogP contribution in [-0.2, 0) is 27.1 Å². The molecule has 0 bridgehead atoms. The van der Waals surface area contributed by atoms with Crippen LogP contribution in [0, 0.1) is 11.7 Å². The molecule has 0 spiro atoms. The number of aliphatic hydroxyl groups is 1. The monoisotopic (exact) mass is 513 g/mol. The predicted molar refractivity (Wildman–Crippen MR) is 143 cm³/mol. The normalized spacial score (nSPS) is 15.5. The highest BCUT2D eigenvalue weighted by molar-refractivity contribution is 5.88. The van der Waals surface area contributed by atoms with Gasteiger partial charge in [0.1, 0.15) is 11.6 Å². The molecule has 0 unspecified atom stereocenters. The average Bonchev–Trinajstić information content (AvgIpc) is 3.26. The van der Waals surface area contributed by atoms with Gasteiger partial charge in [-0.3, -0.25) is 0 Å². The third-order valence-corrected chi connectivity index (χ3v) is 6.76. The van der Waals surface area contributed by atoms with Gasteiger partial charge in [0, 0.05) is 29.8 Å². The molecule has 6 nitrogen and oxygen atoms in total. The quantitative estimate of drug-likeness (QED) is 0.289. The Kier molecular flexibility index (Phi) is 10.3. The Morgan fingerprint density at radius 2 is 1.92 bits per heavy atom. The van der Waals surface area contributed by atoms with Crippen molar-refractivity contribution in [1.82, 2.24) is 5.32 Å². The number of methoxy groups -OCH3 is 1. The Morgan fingerprint density at radius 1 is 1.24 bits per heavy atom. The van der Waals surface area contributed by atoms with Gasteiger partial charge in [-0.25, -0.2) is 9.18 Å². The van der Waals surface area contributed by atoms with Crippen LogP contribution in [0.25, 0.3) is 6.08 Å². The molecule has 202 valence electrons. The smallest absolute Gasteiger partial charge is 0.330 e. The van der Waals surface area contributed by atoms with E-state index >= 15 is 0 Å². The maximum Gasteiger partial charge on any atom is 0.330 e. The van der Waals surface area contributed by atoms with Crippen molar-refractivity contribution in [1.29, 1.82) is 0 Å². The maximum atomic E-state index is 14.3. The van der Waals surface area contributed by atoms with Crippen molar-refractivity contribution in [2.45, 2.75) is 64.7 Å². The second-order valence-electron chi connectivity index (χ2n) is 10.3. The van der Waals surface area contributed by atoms with E-state index in [1.165, 1.54) is 42.5 Å². The molecule has 3 rings (SSSR count). The van der Waals surface area contributed by atoms with Crippen molar-refractivity contribution in [2.24, 2.45) is 5.92 Å². The van der Waals surface area contributed by atoms with Crippen LogP contribution in [-0.4, -0.2) is 49.6 Å². The molecule has 2 N–H and O–H groups in total. The SMILES string of the molecule is CCOC(=O)/C=C/c1c(OC)cc(F)cc1[C@@H](C)OC[C@H](O)CNC(C)(C)CC1Cc2ccccc2C1. The molecule has 0 aliphatic heterocycles. The van der Waals surface area contributed by atoms with Crippen molar-refractivity contribution in [3.05, 3.63) is 70.5 Å². The standard InChI is InChI=1S/C30H40FNO5/c1-6-36-29(34)12-11-26-27(15-24(31)16-28(26)35-5)20(2)37-19-25(33)18-32-30(3,4)17-21-13-22-9-7-8-10-23(22)14-21/h7-12,15-16,20-21,25,32-33H,6,13-14,17-19H2,1-5H3/b12-11+/t20-,25-/m1/s1. The molecule has 0 saturated carbocycles. The van der Waals surface area contributed by atoms with E-state index in [1.54, 1.807) is 13.8 Å². The molecule has 0 radical (unpaired) electrons. The Hall–Kier alpha value is -2.74. The van der Waals surface area contributed by atoms with Crippen molar-refractivity contribution >= 4 is 12.0 Å². The lowest BCUT2D eigenvalue weighted by atomic mass is 9.88. The third kappa shape index (κ3) is 8.38. The third-order valence-electron chi connectivity index (χ3n) is 6.76. The first-order valence-electron chi connectivity index (χ1n) is 13.0. The summed E-state index contributed by atoms with van der Waals surface area (Å²) >= 11 is 0. The molecule has 7 heteroatoms. The van der Waals surface area contributed by atoms with Crippen LogP contribution in [0.5, 0.6) is 5.75 Å². The molecule has 2 aromatic carbocycles. The fourth-order valence-corrected chi connectivity index (χ4v) is 5.02. The number of benzene rings is 2. The molecule has 0 fully saturated rings. The van der Waals surface area contributed by atoms with E-state index in [2.05, 4.69) is 43.4 Å². The number of carbonyl (C=O) groups excluding carboxylic acids is 1. The summed E-state index contributed by atoms with van der Waals surface area (Å²) in [4.78, 5) is 11.8. The molecule has 0 aromatic heterocycles. The Morgan fingerprint density at radius 3 is 2.54 bits per heavy atom. The maximum absolute atomic E-state index is 14.3. The molecule has 2 aromatic rings. The number of ether oxygens (including phenoxy) is 3. The Labute approximate surface area is 219 Å². The van der Waals surface area contributed by atoms with Crippen LogP contribution in [0.15, 0.2) is 42.5 Å². The van der Waals surface area contributed by atoms with Gasteiger partial charge in [-0.15, -0.1) is 0 Å². The van der Waals surface area contributed by atoms with Gasteiger partial charge < -0.3 is 24.6 Å². The number of β-amino-alcohol motifs (C(OH)–C–C–N with tert-alkyl or cyclic N) is 1. The molecule has 1 aliphatic rings. The van der Waals surface area contributed by atoms with Crippen molar-refractivity contribution in [2.75, 3.05) is 26.9 Å². The summed E-state index contributed by atoms with van der Waals surface area (Å²) in [5, 5.41) is 14.1. The number of halogens is 1. The fourth-order valence-electron chi connectivity index (χ4n) is 5.02. The predicted octanol–water partition coefficient (Wildman–Crippen LogP) is 5.02. The summed E-state index contributed by atoms with van der Waals surface area (Å²) in [7, 11) is 1.44. The van der Waals surface area contributed by atoms with Crippen LogP contribution < -0.4 is 10.1 Å². The summed E-state index contributed by atoms with van der Waals surface area (Å²) in [5.74, 6) is -0.117. The largest absolute Gasteiger partial charge is 0.496 e. The van der Waals surface area contributed by atoms with E-state index in [9.17, 15) is 14.3 Å². The summed E-state index contributed by atoms with van der Waals surface area (Å²) in [6.07, 6.45) is 4.71. The minimum Gasteiger partial charge on any atom is -0.496 e. The number of nitrogens with one attached hydrogen (secondary N) is 1. The lowest BCUT2D eigenvalue weighted by molar-refractivity contribution is -0.137. The summed E-state index contributed by atoms with van der Waals surface area (Å²) < 4.78 is 30.5. The van der Waals surface area contributed by atoms with Gasteiger partial charge >= 0.3 is 5.97 Å². The number of esters is 1. The summed E-state index contributed by atoms with van der Waals surface area (Å²) in [6.45, 7) is 8.52. The summed E-state index contributed by atoms with van der Waals surface area (Å²) in [6, 6.07) is 11.2. The van der Waals surface area contributed by atoms with Crippen LogP contribution >= 0.6 is 0 Å². The zero-order valence-electron chi connectivity index (χ0n) is 22.6. The van der Waals surface area contributed by atoms with E-state index < -0.39 is 24.0 Å². The molecular formula is C30H40FNO5. The average molecular weight is 514 g/mol. The number of rotatable bonds is 13. The molecule has 0 heterocycles. The van der Waals surface area contributed by atoms with Crippen molar-refractivity contribution in [3.63, 3.8) is 0 Å². The lowest BCUT2D eigenvalue weighted by Crippen LogP contribution is -2.45. The zero-order valence-corrected chi connectivity index (χ0v) is 22.6. The molecule has 1 aliphatic carbocycles. The van der Waals surface area contributed by atoms with Gasteiger partial charge in [0.2, 0.25) is 0 Å². The van der Waals surface area contributed by atoms with Gasteiger partial charge in [0.25, 0.3) is 0 Å². The fraction of sp³-hybridized carbons (Fsp3) is 0.500. The summed E-state index contributed by atoms with van der Waals surface area (Å²) in [5.41, 5.74) is 3.78. The first-order chi connectivity index (χ1) is 17.6. The number of fused-ring (bicyclic) bond motifs is 1. The Bertz CT molecular complexity index is 1060. The van der Waals surface area contributed by atoms with Gasteiger partial charge in [0.05, 0.1) is 32.5 Å². The van der Waals surface area contributed by atoms with Crippen molar-refractivity contribution in [3.8, 4) is 5.75 Å². The first-order valence-corrected chi connectivity index (χ1v) is 13.0. The topological polar surface area (TPSA) is 77.0 Å². The minimum absolute atomic E-state index is 0.0684. The van der Waals surface area contributed by atoms with E-state index in [4.69, 9.17) is 14.2 Å². The Balaban J connectivity index is 1.55.